The van der Waals surface area contributed by atoms with E-state index in [1.807, 2.05) is 30.3 Å². The van der Waals surface area contributed by atoms with Crippen molar-refractivity contribution in [1.29, 1.82) is 0 Å². The summed E-state index contributed by atoms with van der Waals surface area (Å²) in [6, 6.07) is 11.5. The van der Waals surface area contributed by atoms with Gasteiger partial charge in [-0.3, -0.25) is 4.79 Å². The molecule has 0 saturated carbocycles. The van der Waals surface area contributed by atoms with Gasteiger partial charge in [0.05, 0.1) is 23.0 Å². The molecule has 0 fully saturated rings. The van der Waals surface area contributed by atoms with Crippen LogP contribution in [-0.2, 0) is 6.54 Å². The highest BCUT2D eigenvalue weighted by molar-refractivity contribution is 7.18. The molecule has 0 atom stereocenters. The zero-order valence-electron chi connectivity index (χ0n) is 11.9. The Morgan fingerprint density at radius 2 is 2.09 bits per heavy atom. The summed E-state index contributed by atoms with van der Waals surface area (Å²) in [4.78, 5) is 21.0. The molecule has 0 radical (unpaired) electrons. The minimum atomic E-state index is -0.210. The standard InChI is InChI=1S/C16H11N3O2S2/c20-15(11-9-22-16(19-11)12-5-3-7-21-12)17-8-14-18-10-4-1-2-6-13(10)23-14/h1-7,9H,8H2,(H,17,20). The van der Waals surface area contributed by atoms with Crippen LogP contribution in [0.1, 0.15) is 15.5 Å². The molecule has 0 aliphatic carbocycles. The summed E-state index contributed by atoms with van der Waals surface area (Å²) in [6.45, 7) is 0.395. The molecule has 4 rings (SSSR count). The number of para-hydroxylation sites is 1. The largest absolute Gasteiger partial charge is 0.462 e. The molecule has 1 N–H and O–H groups in total. The fourth-order valence-corrected chi connectivity index (χ4v) is 3.81. The summed E-state index contributed by atoms with van der Waals surface area (Å²) in [5.41, 5.74) is 1.35. The van der Waals surface area contributed by atoms with Gasteiger partial charge in [-0.2, -0.15) is 0 Å². The average molecular weight is 341 g/mol. The fraction of sp³-hybridized carbons (Fsp3) is 0.0625. The molecule has 4 aromatic rings. The Labute approximate surface area is 139 Å². The first kappa shape index (κ1) is 14.1. The van der Waals surface area contributed by atoms with Crippen molar-refractivity contribution in [1.82, 2.24) is 15.3 Å². The monoisotopic (exact) mass is 341 g/mol. The van der Waals surface area contributed by atoms with E-state index in [0.717, 1.165) is 15.2 Å². The molecular weight excluding hydrogens is 330 g/mol. The summed E-state index contributed by atoms with van der Waals surface area (Å²) in [6.07, 6.45) is 1.59. The third kappa shape index (κ3) is 2.88. The minimum Gasteiger partial charge on any atom is -0.462 e. The topological polar surface area (TPSA) is 68.0 Å². The summed E-state index contributed by atoms with van der Waals surface area (Å²) >= 11 is 2.96. The van der Waals surface area contributed by atoms with E-state index in [-0.39, 0.29) is 5.91 Å². The van der Waals surface area contributed by atoms with Gasteiger partial charge in [-0.1, -0.05) is 12.1 Å². The Morgan fingerprint density at radius 1 is 1.17 bits per heavy atom. The summed E-state index contributed by atoms with van der Waals surface area (Å²) in [5.74, 6) is 0.457. The van der Waals surface area contributed by atoms with Gasteiger partial charge in [-0.05, 0) is 24.3 Å². The Hall–Kier alpha value is -2.51. The van der Waals surface area contributed by atoms with E-state index in [1.165, 1.54) is 11.3 Å². The van der Waals surface area contributed by atoms with E-state index in [0.29, 0.717) is 23.0 Å². The van der Waals surface area contributed by atoms with Crippen LogP contribution in [-0.4, -0.2) is 15.9 Å². The number of hydrogen-bond acceptors (Lipinski definition) is 6. The van der Waals surface area contributed by atoms with E-state index in [4.69, 9.17) is 4.42 Å². The first-order valence-electron chi connectivity index (χ1n) is 6.91. The third-order valence-corrected chi connectivity index (χ3v) is 5.10. The SMILES string of the molecule is O=C(NCc1nc2ccccc2s1)c1csc(-c2ccco2)n1. The number of amides is 1. The normalized spacial score (nSPS) is 11.0. The van der Waals surface area contributed by atoms with Gasteiger partial charge in [0.15, 0.2) is 10.8 Å². The van der Waals surface area contributed by atoms with Crippen molar-refractivity contribution < 1.29 is 9.21 Å². The van der Waals surface area contributed by atoms with E-state index in [2.05, 4.69) is 15.3 Å². The highest BCUT2D eigenvalue weighted by Crippen LogP contribution is 2.24. The lowest BCUT2D eigenvalue weighted by Gasteiger charge is -1.99. The van der Waals surface area contributed by atoms with Crippen LogP contribution in [0.4, 0.5) is 0 Å². The van der Waals surface area contributed by atoms with Crippen molar-refractivity contribution in [2.24, 2.45) is 0 Å². The molecule has 1 amide bonds. The van der Waals surface area contributed by atoms with Gasteiger partial charge in [-0.15, -0.1) is 22.7 Å². The van der Waals surface area contributed by atoms with Crippen LogP contribution in [0.15, 0.2) is 52.5 Å². The number of nitrogens with one attached hydrogen (secondary N) is 1. The molecule has 23 heavy (non-hydrogen) atoms. The van der Waals surface area contributed by atoms with Crippen LogP contribution in [0.2, 0.25) is 0 Å². The fourth-order valence-electron chi connectivity index (χ4n) is 2.13. The molecule has 0 spiro atoms. The number of aromatic nitrogens is 2. The van der Waals surface area contributed by atoms with E-state index in [1.54, 1.807) is 29.0 Å². The number of carbonyl (C=O) groups is 1. The zero-order chi connectivity index (χ0) is 15.6. The maximum absolute atomic E-state index is 12.2. The van der Waals surface area contributed by atoms with Gasteiger partial charge in [-0.25, -0.2) is 9.97 Å². The van der Waals surface area contributed by atoms with Crippen molar-refractivity contribution >= 4 is 38.8 Å². The second kappa shape index (κ2) is 5.94. The smallest absolute Gasteiger partial charge is 0.271 e. The van der Waals surface area contributed by atoms with Crippen LogP contribution in [0.3, 0.4) is 0 Å². The molecule has 0 aliphatic heterocycles. The van der Waals surface area contributed by atoms with Gasteiger partial charge in [0, 0.05) is 5.38 Å². The number of hydrogen-bond donors (Lipinski definition) is 1. The lowest BCUT2D eigenvalue weighted by atomic mass is 10.3. The van der Waals surface area contributed by atoms with Gasteiger partial charge in [0.25, 0.3) is 5.91 Å². The predicted octanol–water partition coefficient (Wildman–Crippen LogP) is 3.94. The highest BCUT2D eigenvalue weighted by Gasteiger charge is 2.13. The predicted molar refractivity (Wildman–Crippen MR) is 90.6 cm³/mol. The molecule has 3 aromatic heterocycles. The summed E-state index contributed by atoms with van der Waals surface area (Å²) in [5, 5.41) is 6.16. The lowest BCUT2D eigenvalue weighted by molar-refractivity contribution is 0.0946. The first-order valence-corrected chi connectivity index (χ1v) is 8.61. The number of nitrogens with zero attached hydrogens (tertiary/aromatic N) is 2. The number of furan rings is 1. The molecule has 0 bridgehead atoms. The van der Waals surface area contributed by atoms with Crippen molar-refractivity contribution in [3.05, 3.63) is 58.7 Å². The summed E-state index contributed by atoms with van der Waals surface area (Å²) in [7, 11) is 0. The van der Waals surface area contributed by atoms with Gasteiger partial charge >= 0.3 is 0 Å². The number of fused-ring (bicyclic) bond motifs is 1. The summed E-state index contributed by atoms with van der Waals surface area (Å²) < 4.78 is 6.40. The Balaban J connectivity index is 1.45. The maximum Gasteiger partial charge on any atom is 0.271 e. The molecule has 3 heterocycles. The molecule has 0 saturated heterocycles. The first-order chi connectivity index (χ1) is 11.3. The number of carbonyl (C=O) groups excluding carboxylic acids is 1. The minimum absolute atomic E-state index is 0.210. The van der Waals surface area contributed by atoms with Crippen molar-refractivity contribution in [3.8, 4) is 10.8 Å². The third-order valence-electron chi connectivity index (χ3n) is 3.21. The second-order valence-electron chi connectivity index (χ2n) is 4.77. The van der Waals surface area contributed by atoms with Crippen LogP contribution in [0, 0.1) is 0 Å². The van der Waals surface area contributed by atoms with Gasteiger partial charge in [0.2, 0.25) is 0 Å². The number of rotatable bonds is 4. The van der Waals surface area contributed by atoms with E-state index in [9.17, 15) is 4.79 Å². The van der Waals surface area contributed by atoms with Crippen LogP contribution >= 0.6 is 22.7 Å². The maximum atomic E-state index is 12.2. The van der Waals surface area contributed by atoms with Gasteiger partial charge < -0.3 is 9.73 Å². The molecule has 7 heteroatoms. The molecule has 0 aliphatic rings. The van der Waals surface area contributed by atoms with Crippen LogP contribution < -0.4 is 5.32 Å². The second-order valence-corrected chi connectivity index (χ2v) is 6.75. The lowest BCUT2D eigenvalue weighted by Crippen LogP contribution is -2.22. The molecule has 1 aromatic carbocycles. The zero-order valence-corrected chi connectivity index (χ0v) is 13.5. The number of benzene rings is 1. The molecular formula is C16H11N3O2S2. The Morgan fingerprint density at radius 3 is 2.91 bits per heavy atom. The Kier molecular flexibility index (Phi) is 3.64. The van der Waals surface area contributed by atoms with E-state index < -0.39 is 0 Å². The average Bonchev–Trinajstić information content (AvgIpc) is 3.31. The van der Waals surface area contributed by atoms with Crippen LogP contribution in [0.5, 0.6) is 0 Å². The van der Waals surface area contributed by atoms with Crippen molar-refractivity contribution in [2.45, 2.75) is 6.54 Å². The quantitative estimate of drug-likeness (QED) is 0.610. The highest BCUT2D eigenvalue weighted by atomic mass is 32.1. The van der Waals surface area contributed by atoms with Crippen molar-refractivity contribution in [3.63, 3.8) is 0 Å². The molecule has 114 valence electrons. The van der Waals surface area contributed by atoms with Crippen LogP contribution in [0.25, 0.3) is 21.0 Å². The number of thiazole rings is 2. The Bertz CT molecular complexity index is 924. The van der Waals surface area contributed by atoms with E-state index >= 15 is 0 Å². The van der Waals surface area contributed by atoms with Gasteiger partial charge in [0.1, 0.15) is 10.7 Å². The molecule has 0 unspecified atom stereocenters. The van der Waals surface area contributed by atoms with Crippen molar-refractivity contribution in [2.75, 3.05) is 0 Å². The molecule has 5 nitrogen and oxygen atoms in total.